The summed E-state index contributed by atoms with van der Waals surface area (Å²) in [7, 11) is 0. The summed E-state index contributed by atoms with van der Waals surface area (Å²) < 4.78 is 7.48. The van der Waals surface area contributed by atoms with Crippen molar-refractivity contribution in [3.63, 3.8) is 0 Å². The van der Waals surface area contributed by atoms with E-state index in [1.54, 1.807) is 15.8 Å². The number of rotatable bonds is 4. The van der Waals surface area contributed by atoms with Gasteiger partial charge in [-0.25, -0.2) is 0 Å². The zero-order valence-electron chi connectivity index (χ0n) is 13.9. The number of pyridine rings is 1. The number of amides is 1. The number of fused-ring (bicyclic) bond motifs is 1. The van der Waals surface area contributed by atoms with Gasteiger partial charge in [-0.3, -0.25) is 14.5 Å². The highest BCUT2D eigenvalue weighted by Gasteiger charge is 2.28. The van der Waals surface area contributed by atoms with Gasteiger partial charge in [-0.05, 0) is 37.3 Å². The van der Waals surface area contributed by atoms with Crippen LogP contribution in [0.4, 0.5) is 5.69 Å². The minimum Gasteiger partial charge on any atom is -0.487 e. The fourth-order valence-corrected chi connectivity index (χ4v) is 2.98. The van der Waals surface area contributed by atoms with Gasteiger partial charge >= 0.3 is 0 Å². The van der Waals surface area contributed by atoms with Crippen LogP contribution in [0.3, 0.4) is 0 Å². The van der Waals surface area contributed by atoms with Crippen LogP contribution in [-0.4, -0.2) is 27.2 Å². The first kappa shape index (κ1) is 15.4. The van der Waals surface area contributed by atoms with Crippen molar-refractivity contribution in [2.45, 2.75) is 20.1 Å². The molecule has 0 saturated carbocycles. The third-order valence-corrected chi connectivity index (χ3v) is 4.23. The third kappa shape index (κ3) is 2.98. The Kier molecular flexibility index (Phi) is 3.93. The minimum atomic E-state index is -0.0548. The van der Waals surface area contributed by atoms with Crippen molar-refractivity contribution in [1.29, 1.82) is 0 Å². The summed E-state index contributed by atoms with van der Waals surface area (Å²) in [6.07, 6.45) is 1.73. The van der Waals surface area contributed by atoms with E-state index in [4.69, 9.17) is 4.74 Å². The maximum absolute atomic E-state index is 12.9. The SMILES string of the molecule is Cc1ncccc1N1CCn2nc(COc3ccccc3)cc2C1=O. The average Bonchev–Trinajstić information content (AvgIpc) is 3.06. The van der Waals surface area contributed by atoms with Crippen molar-refractivity contribution < 1.29 is 9.53 Å². The van der Waals surface area contributed by atoms with Gasteiger partial charge in [0.15, 0.2) is 0 Å². The van der Waals surface area contributed by atoms with Gasteiger partial charge in [0.05, 0.1) is 17.9 Å². The topological polar surface area (TPSA) is 60.3 Å². The Bertz CT molecular complexity index is 905. The van der Waals surface area contributed by atoms with Crippen molar-refractivity contribution in [2.75, 3.05) is 11.4 Å². The summed E-state index contributed by atoms with van der Waals surface area (Å²) in [5.41, 5.74) is 3.02. The van der Waals surface area contributed by atoms with Gasteiger partial charge in [-0.15, -0.1) is 0 Å². The first-order valence-electron chi connectivity index (χ1n) is 8.20. The molecule has 0 radical (unpaired) electrons. The molecule has 0 spiro atoms. The van der Waals surface area contributed by atoms with Crippen LogP contribution in [0, 0.1) is 6.92 Å². The largest absolute Gasteiger partial charge is 0.487 e. The van der Waals surface area contributed by atoms with Crippen LogP contribution in [-0.2, 0) is 13.2 Å². The van der Waals surface area contributed by atoms with E-state index in [0.717, 1.165) is 22.8 Å². The molecular weight excluding hydrogens is 316 g/mol. The van der Waals surface area contributed by atoms with Crippen LogP contribution in [0.1, 0.15) is 21.9 Å². The molecule has 2 aromatic heterocycles. The predicted octanol–water partition coefficient (Wildman–Crippen LogP) is 2.83. The zero-order valence-corrected chi connectivity index (χ0v) is 13.9. The van der Waals surface area contributed by atoms with E-state index >= 15 is 0 Å². The van der Waals surface area contributed by atoms with Crippen LogP contribution in [0.2, 0.25) is 0 Å². The minimum absolute atomic E-state index is 0.0548. The number of para-hydroxylation sites is 1. The second-order valence-corrected chi connectivity index (χ2v) is 5.91. The Balaban J connectivity index is 1.54. The molecule has 0 fully saturated rings. The van der Waals surface area contributed by atoms with E-state index in [1.807, 2.05) is 55.5 Å². The normalized spacial score (nSPS) is 13.6. The van der Waals surface area contributed by atoms with E-state index < -0.39 is 0 Å². The molecule has 3 heterocycles. The highest BCUT2D eigenvalue weighted by atomic mass is 16.5. The monoisotopic (exact) mass is 334 g/mol. The second-order valence-electron chi connectivity index (χ2n) is 5.91. The lowest BCUT2D eigenvalue weighted by atomic mass is 10.2. The van der Waals surface area contributed by atoms with Crippen molar-refractivity contribution in [3.05, 3.63) is 71.8 Å². The third-order valence-electron chi connectivity index (χ3n) is 4.23. The lowest BCUT2D eigenvalue weighted by molar-refractivity contribution is 0.0962. The van der Waals surface area contributed by atoms with Crippen molar-refractivity contribution >= 4 is 11.6 Å². The second kappa shape index (κ2) is 6.39. The Hall–Kier alpha value is -3.15. The molecule has 0 atom stereocenters. The molecule has 1 amide bonds. The number of benzene rings is 1. The maximum Gasteiger partial charge on any atom is 0.276 e. The first-order chi connectivity index (χ1) is 12.2. The van der Waals surface area contributed by atoms with Crippen molar-refractivity contribution in [1.82, 2.24) is 14.8 Å². The predicted molar refractivity (Wildman–Crippen MR) is 93.7 cm³/mol. The van der Waals surface area contributed by atoms with Gasteiger partial charge in [0.25, 0.3) is 5.91 Å². The molecule has 1 aromatic carbocycles. The molecule has 0 bridgehead atoms. The molecule has 1 aliphatic rings. The Labute approximate surface area is 145 Å². The Morgan fingerprint density at radius 3 is 2.76 bits per heavy atom. The number of carbonyl (C=O) groups excluding carboxylic acids is 1. The molecule has 0 unspecified atom stereocenters. The summed E-state index contributed by atoms with van der Waals surface area (Å²) in [5.74, 6) is 0.730. The average molecular weight is 334 g/mol. The number of aromatic nitrogens is 3. The molecule has 0 N–H and O–H groups in total. The van der Waals surface area contributed by atoms with Gasteiger partial charge < -0.3 is 9.64 Å². The standard InChI is InChI=1S/C19H18N4O2/c1-14-17(8-5-9-20-14)22-10-11-23-18(19(22)24)12-15(21-23)13-25-16-6-3-2-4-7-16/h2-9,12H,10-11,13H2,1H3. The maximum atomic E-state index is 12.9. The van der Waals surface area contributed by atoms with E-state index in [-0.39, 0.29) is 5.91 Å². The summed E-state index contributed by atoms with van der Waals surface area (Å²) in [6, 6.07) is 15.2. The van der Waals surface area contributed by atoms with Gasteiger partial charge in [-0.1, -0.05) is 18.2 Å². The number of ether oxygens (including phenoxy) is 1. The first-order valence-corrected chi connectivity index (χ1v) is 8.20. The van der Waals surface area contributed by atoms with Crippen LogP contribution >= 0.6 is 0 Å². The van der Waals surface area contributed by atoms with Crippen LogP contribution in [0.5, 0.6) is 5.75 Å². The Morgan fingerprint density at radius 1 is 1.12 bits per heavy atom. The van der Waals surface area contributed by atoms with Crippen molar-refractivity contribution in [3.8, 4) is 5.75 Å². The lowest BCUT2D eigenvalue weighted by Crippen LogP contribution is -2.40. The molecule has 6 nitrogen and oxygen atoms in total. The van der Waals surface area contributed by atoms with Gasteiger partial charge in [0, 0.05) is 12.7 Å². The van der Waals surface area contributed by atoms with E-state index in [0.29, 0.717) is 25.4 Å². The zero-order chi connectivity index (χ0) is 17.2. The lowest BCUT2D eigenvalue weighted by Gasteiger charge is -2.28. The van der Waals surface area contributed by atoms with Gasteiger partial charge in [-0.2, -0.15) is 5.10 Å². The number of carbonyl (C=O) groups is 1. The molecule has 126 valence electrons. The van der Waals surface area contributed by atoms with Crippen LogP contribution < -0.4 is 9.64 Å². The number of aryl methyl sites for hydroxylation is 1. The molecule has 0 saturated heterocycles. The van der Waals surface area contributed by atoms with Crippen LogP contribution in [0.25, 0.3) is 0 Å². The molecule has 25 heavy (non-hydrogen) atoms. The number of nitrogens with zero attached hydrogens (tertiary/aromatic N) is 4. The van der Waals surface area contributed by atoms with E-state index in [2.05, 4.69) is 10.1 Å². The molecule has 3 aromatic rings. The summed E-state index contributed by atoms with van der Waals surface area (Å²) >= 11 is 0. The summed E-state index contributed by atoms with van der Waals surface area (Å²) in [5, 5.41) is 4.50. The molecule has 4 rings (SSSR count). The molecule has 6 heteroatoms. The fourth-order valence-electron chi connectivity index (χ4n) is 2.98. The van der Waals surface area contributed by atoms with Gasteiger partial charge in [0.2, 0.25) is 0 Å². The number of anilines is 1. The summed E-state index contributed by atoms with van der Waals surface area (Å²) in [6.45, 7) is 3.48. The smallest absolute Gasteiger partial charge is 0.276 e. The van der Waals surface area contributed by atoms with Crippen molar-refractivity contribution in [2.24, 2.45) is 0 Å². The quantitative estimate of drug-likeness (QED) is 0.736. The van der Waals surface area contributed by atoms with Crippen LogP contribution in [0.15, 0.2) is 54.7 Å². The number of hydrogen-bond acceptors (Lipinski definition) is 4. The van der Waals surface area contributed by atoms with Gasteiger partial charge in [0.1, 0.15) is 23.7 Å². The highest BCUT2D eigenvalue weighted by molar-refractivity contribution is 6.06. The highest BCUT2D eigenvalue weighted by Crippen LogP contribution is 2.23. The number of hydrogen-bond donors (Lipinski definition) is 0. The van der Waals surface area contributed by atoms with E-state index in [1.165, 1.54) is 0 Å². The molecule has 0 aliphatic carbocycles. The fraction of sp³-hybridized carbons (Fsp3) is 0.211. The molecule has 1 aliphatic heterocycles. The Morgan fingerprint density at radius 2 is 1.96 bits per heavy atom. The van der Waals surface area contributed by atoms with E-state index in [9.17, 15) is 4.79 Å². The molecular formula is C19H18N4O2. The summed E-state index contributed by atoms with van der Waals surface area (Å²) in [4.78, 5) is 18.9.